The molecule has 0 amide bonds. The minimum absolute atomic E-state index is 0.0801. The van der Waals surface area contributed by atoms with Crippen LogP contribution in [-0.2, 0) is 9.47 Å². The van der Waals surface area contributed by atoms with Crippen molar-refractivity contribution in [3.63, 3.8) is 0 Å². The van der Waals surface area contributed by atoms with E-state index >= 15 is 0 Å². The zero-order valence-electron chi connectivity index (χ0n) is 14.2. The molecule has 0 radical (unpaired) electrons. The first-order valence-electron chi connectivity index (χ1n) is 8.36. The lowest BCUT2D eigenvalue weighted by Crippen LogP contribution is -2.56. The summed E-state index contributed by atoms with van der Waals surface area (Å²) in [5.74, 6) is 1.31. The monoisotopic (exact) mass is 340 g/mol. The molecular weight excluding hydrogens is 312 g/mol. The van der Waals surface area contributed by atoms with Gasteiger partial charge in [0.05, 0.1) is 12.2 Å². The third-order valence-corrected chi connectivity index (χ3v) is 7.69. The number of allylic oxidation sites excluding steroid dienone is 1. The molecule has 1 heterocycles. The van der Waals surface area contributed by atoms with Crippen molar-refractivity contribution in [2.24, 2.45) is 22.7 Å². The SMILES string of the molecule is CSC(=S)OC[C@@]1(C)C=CC[C@]2(C)[C@H]3CCO[C@]3(C)CC[C@H]21. The second kappa shape index (κ2) is 5.78. The van der Waals surface area contributed by atoms with Crippen LogP contribution in [0.25, 0.3) is 0 Å². The number of thioether (sulfide) groups is 1. The Balaban J connectivity index is 1.86. The van der Waals surface area contributed by atoms with Crippen LogP contribution in [0.2, 0.25) is 0 Å². The molecule has 1 saturated heterocycles. The number of hydrogen-bond acceptors (Lipinski definition) is 4. The molecule has 4 heteroatoms. The fourth-order valence-electron chi connectivity index (χ4n) is 5.58. The maximum atomic E-state index is 6.16. The Morgan fingerprint density at radius 2 is 2.09 bits per heavy atom. The van der Waals surface area contributed by atoms with Gasteiger partial charge in [0.1, 0.15) is 0 Å². The quantitative estimate of drug-likeness (QED) is 0.529. The molecule has 1 aliphatic heterocycles. The van der Waals surface area contributed by atoms with Crippen molar-refractivity contribution in [3.8, 4) is 0 Å². The Bertz CT molecular complexity index is 491. The smallest absolute Gasteiger partial charge is 0.219 e. The minimum atomic E-state index is 0.0801. The van der Waals surface area contributed by atoms with E-state index in [2.05, 4.69) is 32.9 Å². The zero-order valence-corrected chi connectivity index (χ0v) is 15.8. The summed E-state index contributed by atoms with van der Waals surface area (Å²) in [5, 5.41) is 0. The maximum Gasteiger partial charge on any atom is 0.219 e. The van der Waals surface area contributed by atoms with Gasteiger partial charge in [-0.2, -0.15) is 0 Å². The van der Waals surface area contributed by atoms with E-state index in [1.165, 1.54) is 37.4 Å². The highest BCUT2D eigenvalue weighted by Gasteiger charge is 2.60. The van der Waals surface area contributed by atoms with Crippen LogP contribution < -0.4 is 0 Å². The molecular formula is C18H28O2S2. The molecule has 0 spiro atoms. The molecule has 1 saturated carbocycles. The van der Waals surface area contributed by atoms with Crippen LogP contribution in [0.3, 0.4) is 0 Å². The maximum absolute atomic E-state index is 6.16. The lowest BCUT2D eigenvalue weighted by Gasteiger charge is -2.58. The molecule has 0 bridgehead atoms. The lowest BCUT2D eigenvalue weighted by molar-refractivity contribution is -0.131. The highest BCUT2D eigenvalue weighted by atomic mass is 32.2. The summed E-state index contributed by atoms with van der Waals surface area (Å²) in [6.45, 7) is 8.81. The van der Waals surface area contributed by atoms with Gasteiger partial charge in [-0.05, 0) is 68.3 Å². The summed E-state index contributed by atoms with van der Waals surface area (Å²) in [5.41, 5.74) is 0.487. The van der Waals surface area contributed by atoms with Crippen molar-refractivity contribution in [3.05, 3.63) is 12.2 Å². The molecule has 3 rings (SSSR count). The van der Waals surface area contributed by atoms with Gasteiger partial charge >= 0.3 is 0 Å². The van der Waals surface area contributed by atoms with Crippen molar-refractivity contribution in [1.82, 2.24) is 0 Å². The molecule has 3 aliphatic rings. The van der Waals surface area contributed by atoms with Crippen LogP contribution in [0.4, 0.5) is 0 Å². The van der Waals surface area contributed by atoms with Gasteiger partial charge in [0.2, 0.25) is 4.38 Å². The van der Waals surface area contributed by atoms with Gasteiger partial charge in [-0.1, -0.05) is 37.8 Å². The Morgan fingerprint density at radius 1 is 1.32 bits per heavy atom. The number of hydrogen-bond donors (Lipinski definition) is 0. The third kappa shape index (κ3) is 2.55. The number of rotatable bonds is 2. The van der Waals surface area contributed by atoms with E-state index in [0.717, 1.165) is 6.61 Å². The average Bonchev–Trinajstić information content (AvgIpc) is 2.88. The molecule has 2 nitrogen and oxygen atoms in total. The number of ether oxygens (including phenoxy) is 2. The van der Waals surface area contributed by atoms with Crippen LogP contribution in [0, 0.1) is 22.7 Å². The van der Waals surface area contributed by atoms with E-state index in [-0.39, 0.29) is 11.0 Å². The summed E-state index contributed by atoms with van der Waals surface area (Å²) < 4.78 is 12.7. The van der Waals surface area contributed by atoms with Crippen LogP contribution in [0.1, 0.15) is 46.5 Å². The standard InChI is InChI=1S/C18H28O2S2/c1-16(12-19-15(21)22-4)8-5-9-17(2)13(16)6-10-18(3)14(17)7-11-20-18/h5,8,13-14H,6-7,9-12H2,1-4H3/t13-,14+,16+,17-,18+/m0/s1. The minimum Gasteiger partial charge on any atom is -0.478 e. The van der Waals surface area contributed by atoms with Crippen molar-refractivity contribution >= 4 is 28.4 Å². The van der Waals surface area contributed by atoms with Gasteiger partial charge in [0, 0.05) is 12.0 Å². The predicted molar refractivity (Wildman–Crippen MR) is 97.2 cm³/mol. The Labute approximate surface area is 144 Å². The van der Waals surface area contributed by atoms with Crippen LogP contribution in [0.5, 0.6) is 0 Å². The van der Waals surface area contributed by atoms with Crippen LogP contribution >= 0.6 is 24.0 Å². The first-order valence-corrected chi connectivity index (χ1v) is 10.00. The summed E-state index contributed by atoms with van der Waals surface area (Å²) in [7, 11) is 0. The topological polar surface area (TPSA) is 18.5 Å². The second-order valence-corrected chi connectivity index (χ2v) is 9.36. The Kier molecular flexibility index (Phi) is 4.41. The van der Waals surface area contributed by atoms with Gasteiger partial charge < -0.3 is 9.47 Å². The van der Waals surface area contributed by atoms with Gasteiger partial charge in [0.25, 0.3) is 0 Å². The highest BCUT2D eigenvalue weighted by Crippen LogP contribution is 2.63. The Hall–Kier alpha value is -0.0600. The average molecular weight is 341 g/mol. The fourth-order valence-corrected chi connectivity index (χ4v) is 5.82. The van der Waals surface area contributed by atoms with E-state index in [0.29, 0.717) is 28.2 Å². The van der Waals surface area contributed by atoms with E-state index in [1.807, 2.05) is 6.26 Å². The van der Waals surface area contributed by atoms with Crippen LogP contribution in [-0.4, -0.2) is 29.5 Å². The van der Waals surface area contributed by atoms with E-state index < -0.39 is 0 Å². The molecule has 2 aliphatic carbocycles. The second-order valence-electron chi connectivity index (χ2n) is 7.95. The van der Waals surface area contributed by atoms with E-state index in [4.69, 9.17) is 21.7 Å². The molecule has 0 aromatic heterocycles. The molecule has 124 valence electrons. The summed E-state index contributed by atoms with van der Waals surface area (Å²) >= 11 is 6.76. The van der Waals surface area contributed by atoms with E-state index in [1.54, 1.807) is 0 Å². The Morgan fingerprint density at radius 3 is 2.82 bits per heavy atom. The van der Waals surface area contributed by atoms with Gasteiger partial charge in [-0.15, -0.1) is 0 Å². The van der Waals surface area contributed by atoms with Crippen molar-refractivity contribution in [2.75, 3.05) is 19.5 Å². The molecule has 0 unspecified atom stereocenters. The highest BCUT2D eigenvalue weighted by molar-refractivity contribution is 8.22. The van der Waals surface area contributed by atoms with Gasteiger partial charge in [-0.3, -0.25) is 0 Å². The number of thiocarbonyl (C=S) groups is 1. The fraction of sp³-hybridized carbons (Fsp3) is 0.833. The predicted octanol–water partition coefficient (Wildman–Crippen LogP) is 4.83. The molecule has 2 fully saturated rings. The molecule has 22 heavy (non-hydrogen) atoms. The summed E-state index contributed by atoms with van der Waals surface area (Å²) in [6.07, 6.45) is 11.5. The summed E-state index contributed by atoms with van der Waals surface area (Å²) in [6, 6.07) is 0. The third-order valence-electron chi connectivity index (χ3n) is 6.62. The van der Waals surface area contributed by atoms with Crippen molar-refractivity contribution < 1.29 is 9.47 Å². The molecule has 0 N–H and O–H groups in total. The van der Waals surface area contributed by atoms with Crippen molar-refractivity contribution in [1.29, 1.82) is 0 Å². The number of fused-ring (bicyclic) bond motifs is 3. The van der Waals surface area contributed by atoms with Gasteiger partial charge in [0.15, 0.2) is 0 Å². The first kappa shape index (κ1) is 16.8. The normalized spacial score (nSPS) is 46.9. The largest absolute Gasteiger partial charge is 0.478 e. The van der Waals surface area contributed by atoms with Crippen molar-refractivity contribution in [2.45, 2.75) is 52.1 Å². The first-order chi connectivity index (χ1) is 10.3. The van der Waals surface area contributed by atoms with Gasteiger partial charge in [-0.25, -0.2) is 0 Å². The van der Waals surface area contributed by atoms with Crippen LogP contribution in [0.15, 0.2) is 12.2 Å². The van der Waals surface area contributed by atoms with E-state index in [9.17, 15) is 0 Å². The molecule has 0 aromatic carbocycles. The lowest BCUT2D eigenvalue weighted by atomic mass is 9.47. The molecule has 0 aromatic rings. The zero-order chi connectivity index (χ0) is 16.0. The molecule has 5 atom stereocenters. The summed E-state index contributed by atoms with van der Waals surface area (Å²) in [4.78, 5) is 0.